The molecular formula is C15H17FN4O2. The molecule has 0 bridgehead atoms. The van der Waals surface area contributed by atoms with Crippen molar-refractivity contribution in [3.8, 4) is 5.88 Å². The summed E-state index contributed by atoms with van der Waals surface area (Å²) in [5, 5.41) is 0.568. The number of anilines is 1. The Hall–Kier alpha value is -2.02. The maximum Gasteiger partial charge on any atom is 0.227 e. The Morgan fingerprint density at radius 2 is 2.05 bits per heavy atom. The SMILES string of the molecule is Cc1nc2c3c(nc(C)c(F)c3n1)OC[C@@H]1COCCCN21. The summed E-state index contributed by atoms with van der Waals surface area (Å²) in [6, 6.07) is 0.0533. The van der Waals surface area contributed by atoms with Crippen molar-refractivity contribution < 1.29 is 13.9 Å². The lowest BCUT2D eigenvalue weighted by Crippen LogP contribution is -2.41. The molecular weight excluding hydrogens is 287 g/mol. The molecule has 1 atom stereocenters. The molecule has 0 aliphatic carbocycles. The molecule has 0 N–H and O–H groups in total. The van der Waals surface area contributed by atoms with E-state index >= 15 is 0 Å². The number of hydrogen-bond donors (Lipinski definition) is 0. The van der Waals surface area contributed by atoms with Crippen molar-refractivity contribution in [3.05, 3.63) is 17.3 Å². The van der Waals surface area contributed by atoms with Crippen molar-refractivity contribution in [1.29, 1.82) is 0 Å². The topological polar surface area (TPSA) is 60.4 Å². The summed E-state index contributed by atoms with van der Waals surface area (Å²) < 4.78 is 26.0. The molecule has 22 heavy (non-hydrogen) atoms. The number of rotatable bonds is 0. The van der Waals surface area contributed by atoms with Gasteiger partial charge in [0.2, 0.25) is 5.88 Å². The zero-order valence-electron chi connectivity index (χ0n) is 12.6. The zero-order chi connectivity index (χ0) is 15.3. The monoisotopic (exact) mass is 304 g/mol. The molecule has 7 heteroatoms. The van der Waals surface area contributed by atoms with E-state index in [1.165, 1.54) is 0 Å². The van der Waals surface area contributed by atoms with Gasteiger partial charge in [-0.2, -0.15) is 0 Å². The first-order valence-corrected chi connectivity index (χ1v) is 7.47. The summed E-state index contributed by atoms with van der Waals surface area (Å²) in [6.07, 6.45) is 0.901. The van der Waals surface area contributed by atoms with E-state index in [1.54, 1.807) is 13.8 Å². The van der Waals surface area contributed by atoms with Crippen LogP contribution in [-0.4, -0.2) is 47.4 Å². The van der Waals surface area contributed by atoms with E-state index in [0.29, 0.717) is 48.4 Å². The van der Waals surface area contributed by atoms with Gasteiger partial charge in [-0.1, -0.05) is 0 Å². The Kier molecular flexibility index (Phi) is 3.11. The molecule has 2 aliphatic heterocycles. The molecule has 2 aliphatic rings. The largest absolute Gasteiger partial charge is 0.475 e. The minimum absolute atomic E-state index is 0.0533. The summed E-state index contributed by atoms with van der Waals surface area (Å²) >= 11 is 0. The van der Waals surface area contributed by atoms with E-state index in [-0.39, 0.29) is 11.6 Å². The molecule has 0 spiro atoms. The maximum absolute atomic E-state index is 14.5. The molecule has 0 unspecified atom stereocenters. The fourth-order valence-electron chi connectivity index (χ4n) is 3.08. The molecule has 4 heterocycles. The minimum atomic E-state index is -0.404. The summed E-state index contributed by atoms with van der Waals surface area (Å²) in [7, 11) is 0. The van der Waals surface area contributed by atoms with Gasteiger partial charge in [0, 0.05) is 13.2 Å². The Labute approximate surface area is 127 Å². The molecule has 2 aromatic rings. The molecule has 0 saturated carbocycles. The van der Waals surface area contributed by atoms with Crippen LogP contribution in [0.4, 0.5) is 10.2 Å². The van der Waals surface area contributed by atoms with Gasteiger partial charge in [0.25, 0.3) is 0 Å². The Balaban J connectivity index is 2.02. The van der Waals surface area contributed by atoms with E-state index < -0.39 is 5.82 Å². The molecule has 2 aromatic heterocycles. The summed E-state index contributed by atoms with van der Waals surface area (Å²) in [6.45, 7) is 5.93. The summed E-state index contributed by atoms with van der Waals surface area (Å²) in [5.74, 6) is 1.26. The molecule has 116 valence electrons. The summed E-state index contributed by atoms with van der Waals surface area (Å²) in [4.78, 5) is 15.2. The zero-order valence-corrected chi connectivity index (χ0v) is 12.6. The van der Waals surface area contributed by atoms with Gasteiger partial charge in [0.15, 0.2) is 5.82 Å². The fraction of sp³-hybridized carbons (Fsp3) is 0.533. The number of ether oxygens (including phenoxy) is 2. The average Bonchev–Trinajstić information content (AvgIpc) is 2.80. The van der Waals surface area contributed by atoms with Gasteiger partial charge in [-0.25, -0.2) is 19.3 Å². The smallest absolute Gasteiger partial charge is 0.227 e. The highest BCUT2D eigenvalue weighted by molar-refractivity contribution is 5.95. The number of fused-ring (bicyclic) bond motifs is 2. The standard InChI is InChI=1S/C15H17FN4O2/c1-8-12(16)13-11-14(19-9(2)18-13)20-4-3-5-21-6-10(20)7-22-15(11)17-8/h10H,3-7H2,1-2H3/t10-/m0/s1. The highest BCUT2D eigenvalue weighted by atomic mass is 19.1. The molecule has 1 saturated heterocycles. The molecule has 6 nitrogen and oxygen atoms in total. The van der Waals surface area contributed by atoms with E-state index in [2.05, 4.69) is 19.9 Å². The van der Waals surface area contributed by atoms with Crippen LogP contribution in [0.3, 0.4) is 0 Å². The van der Waals surface area contributed by atoms with Crippen LogP contribution in [0, 0.1) is 19.7 Å². The highest BCUT2D eigenvalue weighted by Crippen LogP contribution is 2.37. The van der Waals surface area contributed by atoms with Crippen molar-refractivity contribution in [2.75, 3.05) is 31.3 Å². The second-order valence-corrected chi connectivity index (χ2v) is 5.72. The Morgan fingerprint density at radius 3 is 2.91 bits per heavy atom. The third-order valence-electron chi connectivity index (χ3n) is 4.13. The van der Waals surface area contributed by atoms with Crippen molar-refractivity contribution in [1.82, 2.24) is 15.0 Å². The van der Waals surface area contributed by atoms with Crippen molar-refractivity contribution in [2.24, 2.45) is 0 Å². The first kappa shape index (κ1) is 13.6. The van der Waals surface area contributed by atoms with Gasteiger partial charge in [-0.05, 0) is 20.3 Å². The van der Waals surface area contributed by atoms with Crippen LogP contribution in [0.25, 0.3) is 10.9 Å². The maximum atomic E-state index is 14.5. The van der Waals surface area contributed by atoms with Gasteiger partial charge >= 0.3 is 0 Å². The average molecular weight is 304 g/mol. The number of nitrogens with zero attached hydrogens (tertiary/aromatic N) is 4. The lowest BCUT2D eigenvalue weighted by molar-refractivity contribution is 0.119. The van der Waals surface area contributed by atoms with Crippen LogP contribution in [0.15, 0.2) is 0 Å². The van der Waals surface area contributed by atoms with Crippen LogP contribution in [0.1, 0.15) is 17.9 Å². The lowest BCUT2D eigenvalue weighted by atomic mass is 10.2. The minimum Gasteiger partial charge on any atom is -0.475 e. The third kappa shape index (κ3) is 1.99. The normalized spacial score (nSPS) is 21.0. The quantitative estimate of drug-likeness (QED) is 0.739. The number of hydrogen-bond acceptors (Lipinski definition) is 6. The van der Waals surface area contributed by atoms with E-state index in [4.69, 9.17) is 9.47 Å². The van der Waals surface area contributed by atoms with Gasteiger partial charge in [-0.3, -0.25) is 0 Å². The molecule has 0 aromatic carbocycles. The summed E-state index contributed by atoms with van der Waals surface area (Å²) in [5.41, 5.74) is 0.579. The Bertz CT molecular complexity index is 752. The number of pyridine rings is 1. The van der Waals surface area contributed by atoms with Crippen molar-refractivity contribution >= 4 is 16.7 Å². The lowest BCUT2D eigenvalue weighted by Gasteiger charge is -2.28. The second kappa shape index (κ2) is 5.01. The van der Waals surface area contributed by atoms with E-state index in [1.807, 2.05) is 0 Å². The number of halogens is 1. The molecule has 4 rings (SSSR count). The van der Waals surface area contributed by atoms with Crippen molar-refractivity contribution in [3.63, 3.8) is 0 Å². The van der Waals surface area contributed by atoms with E-state index in [0.717, 1.165) is 13.0 Å². The molecule has 0 amide bonds. The van der Waals surface area contributed by atoms with E-state index in [9.17, 15) is 4.39 Å². The first-order valence-electron chi connectivity index (χ1n) is 7.47. The second-order valence-electron chi connectivity index (χ2n) is 5.72. The van der Waals surface area contributed by atoms with Crippen LogP contribution in [0.2, 0.25) is 0 Å². The number of aromatic nitrogens is 3. The van der Waals surface area contributed by atoms with Crippen LogP contribution < -0.4 is 9.64 Å². The number of aryl methyl sites for hydroxylation is 2. The van der Waals surface area contributed by atoms with Crippen molar-refractivity contribution in [2.45, 2.75) is 26.3 Å². The van der Waals surface area contributed by atoms with Gasteiger partial charge in [-0.15, -0.1) is 0 Å². The van der Waals surface area contributed by atoms with Gasteiger partial charge in [0.1, 0.15) is 29.2 Å². The van der Waals surface area contributed by atoms with Crippen LogP contribution in [0.5, 0.6) is 5.88 Å². The first-order chi connectivity index (χ1) is 10.6. The predicted octanol–water partition coefficient (Wildman–Crippen LogP) is 1.77. The predicted molar refractivity (Wildman–Crippen MR) is 78.8 cm³/mol. The third-order valence-corrected chi connectivity index (χ3v) is 4.13. The highest BCUT2D eigenvalue weighted by Gasteiger charge is 2.31. The van der Waals surface area contributed by atoms with Crippen LogP contribution in [-0.2, 0) is 4.74 Å². The van der Waals surface area contributed by atoms with Gasteiger partial charge < -0.3 is 14.4 Å². The van der Waals surface area contributed by atoms with Crippen LogP contribution >= 0.6 is 0 Å². The molecule has 1 fully saturated rings. The Morgan fingerprint density at radius 1 is 1.18 bits per heavy atom. The fourth-order valence-corrected chi connectivity index (χ4v) is 3.08. The van der Waals surface area contributed by atoms with Gasteiger partial charge in [0.05, 0.1) is 18.3 Å². The molecule has 0 radical (unpaired) electrons.